The van der Waals surface area contributed by atoms with E-state index >= 15 is 0 Å². The summed E-state index contributed by atoms with van der Waals surface area (Å²) in [4.78, 5) is 27.7. The Labute approximate surface area is 189 Å². The highest BCUT2D eigenvalue weighted by molar-refractivity contribution is 6.45. The number of hydrogen-bond donors (Lipinski definition) is 3. The highest BCUT2D eigenvalue weighted by Crippen LogP contribution is 2.36. The molecule has 1 amide bonds. The third-order valence-corrected chi connectivity index (χ3v) is 6.84. The smallest absolute Gasteiger partial charge is 0.310 e. The van der Waals surface area contributed by atoms with Crippen molar-refractivity contribution >= 4 is 46.0 Å². The van der Waals surface area contributed by atoms with Crippen molar-refractivity contribution in [2.24, 2.45) is 0 Å². The summed E-state index contributed by atoms with van der Waals surface area (Å²) in [6, 6.07) is 10.8. The van der Waals surface area contributed by atoms with Gasteiger partial charge in [-0.25, -0.2) is 0 Å². The summed E-state index contributed by atoms with van der Waals surface area (Å²) in [5.74, 6) is -1.76. The Balaban J connectivity index is 1.67. The van der Waals surface area contributed by atoms with Gasteiger partial charge >= 0.3 is 5.97 Å². The van der Waals surface area contributed by atoms with Crippen LogP contribution in [0.2, 0.25) is 10.0 Å². The molecular formula is C23H22Cl2N2O4. The largest absolute Gasteiger partial charge is 0.481 e. The van der Waals surface area contributed by atoms with Crippen LogP contribution in [0.25, 0.3) is 10.9 Å². The van der Waals surface area contributed by atoms with Crippen LogP contribution in [-0.2, 0) is 15.1 Å². The van der Waals surface area contributed by atoms with Gasteiger partial charge in [-0.05, 0) is 42.7 Å². The molecule has 162 valence electrons. The number of carbonyl (C=O) groups is 2. The third kappa shape index (κ3) is 3.80. The first kappa shape index (κ1) is 21.7. The Kier molecular flexibility index (Phi) is 5.73. The average Bonchev–Trinajstić information content (AvgIpc) is 3.36. The fourth-order valence-electron chi connectivity index (χ4n) is 4.08. The van der Waals surface area contributed by atoms with Gasteiger partial charge < -0.3 is 20.1 Å². The molecule has 8 heteroatoms. The number of benzene rings is 2. The Bertz CT molecular complexity index is 1160. The number of nitrogens with one attached hydrogen (secondary N) is 2. The van der Waals surface area contributed by atoms with E-state index in [0.717, 1.165) is 22.0 Å². The summed E-state index contributed by atoms with van der Waals surface area (Å²) in [5, 5.41) is 13.9. The van der Waals surface area contributed by atoms with E-state index in [2.05, 4.69) is 10.3 Å². The summed E-state index contributed by atoms with van der Waals surface area (Å²) in [6.45, 7) is 4.32. The maximum Gasteiger partial charge on any atom is 0.310 e. The number of aromatic amines is 1. The minimum absolute atomic E-state index is 0.269. The third-order valence-electron chi connectivity index (χ3n) is 6.04. The first-order valence-electron chi connectivity index (χ1n) is 9.93. The van der Waals surface area contributed by atoms with Gasteiger partial charge in [0.05, 0.1) is 28.1 Å². The lowest BCUT2D eigenvalue weighted by Crippen LogP contribution is -2.46. The van der Waals surface area contributed by atoms with Crippen molar-refractivity contribution in [3.05, 3.63) is 68.8 Å². The average molecular weight is 461 g/mol. The van der Waals surface area contributed by atoms with Crippen molar-refractivity contribution in [3.63, 3.8) is 0 Å². The van der Waals surface area contributed by atoms with Crippen molar-refractivity contribution in [1.82, 2.24) is 10.3 Å². The molecule has 2 heterocycles. The number of H-pyrrole nitrogens is 1. The van der Waals surface area contributed by atoms with Gasteiger partial charge in [0.2, 0.25) is 0 Å². The predicted molar refractivity (Wildman–Crippen MR) is 120 cm³/mol. The summed E-state index contributed by atoms with van der Waals surface area (Å²) in [5.41, 5.74) is 2.75. The minimum atomic E-state index is -0.881. The van der Waals surface area contributed by atoms with E-state index in [4.69, 9.17) is 27.9 Å². The fraction of sp³-hybridized carbons (Fsp3) is 0.304. The van der Waals surface area contributed by atoms with Crippen LogP contribution in [-0.4, -0.2) is 35.2 Å². The molecule has 1 aliphatic heterocycles. The minimum Gasteiger partial charge on any atom is -0.481 e. The molecule has 2 unspecified atom stereocenters. The second-order valence-corrected chi connectivity index (χ2v) is 8.71. The molecule has 2 atom stereocenters. The normalized spacial score (nSPS) is 19.5. The van der Waals surface area contributed by atoms with Gasteiger partial charge in [0.1, 0.15) is 5.69 Å². The zero-order chi connectivity index (χ0) is 22.3. The van der Waals surface area contributed by atoms with Crippen LogP contribution in [0.3, 0.4) is 0 Å². The van der Waals surface area contributed by atoms with Gasteiger partial charge in [0, 0.05) is 23.9 Å². The molecule has 0 spiro atoms. The monoisotopic (exact) mass is 460 g/mol. The maximum atomic E-state index is 13.3. The summed E-state index contributed by atoms with van der Waals surface area (Å²) < 4.78 is 5.63. The number of aliphatic carboxylic acids is 1. The number of carbonyl (C=O) groups excluding carboxylic acids is 1. The molecule has 3 N–H and O–H groups in total. The number of hydrogen-bond acceptors (Lipinski definition) is 3. The molecule has 1 aromatic heterocycles. The highest BCUT2D eigenvalue weighted by Gasteiger charge is 2.39. The lowest BCUT2D eigenvalue weighted by atomic mass is 9.87. The molecule has 4 rings (SSSR count). The number of halogens is 2. The fourth-order valence-corrected chi connectivity index (χ4v) is 4.54. The number of rotatable bonds is 5. The number of ether oxygens (including phenoxy) is 1. The van der Waals surface area contributed by atoms with Crippen molar-refractivity contribution in [2.45, 2.75) is 31.7 Å². The van der Waals surface area contributed by atoms with Crippen LogP contribution in [0.1, 0.15) is 46.4 Å². The number of amides is 1. The molecule has 31 heavy (non-hydrogen) atoms. The van der Waals surface area contributed by atoms with Gasteiger partial charge in [-0.3, -0.25) is 9.59 Å². The van der Waals surface area contributed by atoms with Crippen LogP contribution >= 0.6 is 23.2 Å². The van der Waals surface area contributed by atoms with E-state index in [0.29, 0.717) is 40.9 Å². The lowest BCUT2D eigenvalue weighted by molar-refractivity contribution is -0.138. The van der Waals surface area contributed by atoms with Crippen molar-refractivity contribution < 1.29 is 19.4 Å². The van der Waals surface area contributed by atoms with E-state index in [1.807, 2.05) is 19.1 Å². The Morgan fingerprint density at radius 3 is 2.52 bits per heavy atom. The first-order valence-corrected chi connectivity index (χ1v) is 10.7. The van der Waals surface area contributed by atoms with Gasteiger partial charge in [-0.1, -0.05) is 47.5 Å². The van der Waals surface area contributed by atoms with Crippen LogP contribution in [0.5, 0.6) is 0 Å². The van der Waals surface area contributed by atoms with Crippen LogP contribution in [0.4, 0.5) is 0 Å². The molecule has 2 aromatic carbocycles. The topological polar surface area (TPSA) is 91.4 Å². The number of fused-ring (bicyclic) bond motifs is 1. The summed E-state index contributed by atoms with van der Waals surface area (Å²) >= 11 is 12.5. The van der Waals surface area contributed by atoms with Gasteiger partial charge in [0.15, 0.2) is 0 Å². The molecule has 3 aromatic rings. The van der Waals surface area contributed by atoms with Crippen molar-refractivity contribution in [2.75, 3.05) is 13.2 Å². The van der Waals surface area contributed by atoms with Crippen LogP contribution in [0, 0.1) is 6.92 Å². The van der Waals surface area contributed by atoms with Gasteiger partial charge in [-0.2, -0.15) is 0 Å². The van der Waals surface area contributed by atoms with Crippen molar-refractivity contribution in [1.29, 1.82) is 0 Å². The maximum absolute atomic E-state index is 13.3. The molecule has 1 fully saturated rings. The zero-order valence-electron chi connectivity index (χ0n) is 17.1. The van der Waals surface area contributed by atoms with E-state index in [1.54, 1.807) is 31.2 Å². The van der Waals surface area contributed by atoms with Crippen LogP contribution < -0.4 is 5.32 Å². The van der Waals surface area contributed by atoms with Gasteiger partial charge in [-0.15, -0.1) is 0 Å². The molecular weight excluding hydrogens is 439 g/mol. The molecule has 1 aliphatic rings. The second kappa shape index (κ2) is 8.19. The second-order valence-electron chi connectivity index (χ2n) is 7.93. The Hall–Kier alpha value is -2.54. The summed E-state index contributed by atoms with van der Waals surface area (Å²) in [7, 11) is 0. The Morgan fingerprint density at radius 2 is 1.90 bits per heavy atom. The number of aromatic nitrogens is 1. The Morgan fingerprint density at radius 1 is 1.19 bits per heavy atom. The lowest BCUT2D eigenvalue weighted by Gasteiger charge is -2.29. The predicted octanol–water partition coefficient (Wildman–Crippen LogP) is 5.02. The van der Waals surface area contributed by atoms with E-state index in [-0.39, 0.29) is 5.91 Å². The SMILES string of the molecule is Cc1c(C(=O)NC2(c3ccc(C(C)C(=O)O)cc3)CCOC2)[nH]c2ccc(Cl)c(Cl)c12. The quantitative estimate of drug-likeness (QED) is 0.498. The number of carboxylic acids is 1. The first-order chi connectivity index (χ1) is 14.7. The van der Waals surface area contributed by atoms with Gasteiger partial charge in [0.25, 0.3) is 5.91 Å². The molecule has 0 radical (unpaired) electrons. The molecule has 6 nitrogen and oxygen atoms in total. The molecule has 0 bridgehead atoms. The standard InChI is InChI=1S/C23H22Cl2N2O4/c1-12(22(29)30)14-3-5-15(6-4-14)23(9-10-31-11-23)27-21(28)20-13(2)18-17(26-20)8-7-16(24)19(18)25/h3-8,12,26H,9-11H2,1-2H3,(H,27,28)(H,29,30). The molecule has 0 saturated carbocycles. The highest BCUT2D eigenvalue weighted by atomic mass is 35.5. The van der Waals surface area contributed by atoms with Crippen molar-refractivity contribution in [3.8, 4) is 0 Å². The van der Waals surface area contributed by atoms with E-state index < -0.39 is 17.4 Å². The van der Waals surface area contributed by atoms with Crippen LogP contribution in [0.15, 0.2) is 36.4 Å². The van der Waals surface area contributed by atoms with E-state index in [9.17, 15) is 14.7 Å². The van der Waals surface area contributed by atoms with E-state index in [1.165, 1.54) is 0 Å². The number of aryl methyl sites for hydroxylation is 1. The summed E-state index contributed by atoms with van der Waals surface area (Å²) in [6.07, 6.45) is 0.610. The number of carboxylic acid groups (broad SMARTS) is 1. The molecule has 1 saturated heterocycles. The molecule has 0 aliphatic carbocycles. The zero-order valence-corrected chi connectivity index (χ0v) is 18.6.